The van der Waals surface area contributed by atoms with E-state index in [1.807, 2.05) is 60.7 Å². The standard InChI is InChI=1S/C18H18N6O/c19-17(20)23-13-5-1-11(2-6-13)15-9-10-16(25-15)12-3-7-14(8-4-12)24-18(21)22/h1-10H,(H4,19,20,23)(H4,21,22,24). The van der Waals surface area contributed by atoms with Gasteiger partial charge in [0.1, 0.15) is 11.5 Å². The first-order chi connectivity index (χ1) is 12.0. The molecule has 0 aliphatic rings. The summed E-state index contributed by atoms with van der Waals surface area (Å²) in [6.45, 7) is 0. The number of rotatable bonds is 4. The highest BCUT2D eigenvalue weighted by Crippen LogP contribution is 2.30. The van der Waals surface area contributed by atoms with Crippen molar-refractivity contribution in [2.24, 2.45) is 32.9 Å². The minimum absolute atomic E-state index is 0.0252. The van der Waals surface area contributed by atoms with E-state index in [1.54, 1.807) is 0 Å². The van der Waals surface area contributed by atoms with E-state index in [1.165, 1.54) is 0 Å². The summed E-state index contributed by atoms with van der Waals surface area (Å²) in [5, 5.41) is 0. The fourth-order valence-corrected chi connectivity index (χ4v) is 2.35. The molecule has 25 heavy (non-hydrogen) atoms. The molecule has 7 nitrogen and oxygen atoms in total. The second kappa shape index (κ2) is 6.79. The lowest BCUT2D eigenvalue weighted by Crippen LogP contribution is -2.21. The van der Waals surface area contributed by atoms with Gasteiger partial charge in [-0.05, 0) is 60.7 Å². The molecule has 1 heterocycles. The lowest BCUT2D eigenvalue weighted by atomic mass is 10.1. The van der Waals surface area contributed by atoms with Crippen LogP contribution in [0.5, 0.6) is 0 Å². The van der Waals surface area contributed by atoms with Gasteiger partial charge in [0.05, 0.1) is 11.4 Å². The zero-order valence-corrected chi connectivity index (χ0v) is 13.4. The first-order valence-corrected chi connectivity index (χ1v) is 7.51. The Hall–Kier alpha value is -3.74. The van der Waals surface area contributed by atoms with E-state index in [-0.39, 0.29) is 11.9 Å². The molecule has 0 aliphatic carbocycles. The monoisotopic (exact) mass is 334 g/mol. The highest BCUT2D eigenvalue weighted by molar-refractivity contribution is 5.80. The summed E-state index contributed by atoms with van der Waals surface area (Å²) in [6, 6.07) is 18.7. The molecular formula is C18H18N6O. The third kappa shape index (κ3) is 3.97. The van der Waals surface area contributed by atoms with Crippen molar-refractivity contribution < 1.29 is 4.42 Å². The molecule has 0 fully saturated rings. The third-order valence-electron chi connectivity index (χ3n) is 3.43. The van der Waals surface area contributed by atoms with Crippen LogP contribution in [0.3, 0.4) is 0 Å². The Bertz CT molecular complexity index is 839. The Labute approximate surface area is 144 Å². The van der Waals surface area contributed by atoms with Gasteiger partial charge in [-0.25, -0.2) is 9.98 Å². The lowest BCUT2D eigenvalue weighted by Gasteiger charge is -2.01. The van der Waals surface area contributed by atoms with Crippen molar-refractivity contribution in [3.63, 3.8) is 0 Å². The summed E-state index contributed by atoms with van der Waals surface area (Å²) >= 11 is 0. The molecule has 0 unspecified atom stereocenters. The molecule has 0 amide bonds. The van der Waals surface area contributed by atoms with Crippen molar-refractivity contribution in [1.29, 1.82) is 0 Å². The number of aliphatic imine (C=N–C) groups is 2. The number of hydrogen-bond donors (Lipinski definition) is 4. The average molecular weight is 334 g/mol. The summed E-state index contributed by atoms with van der Waals surface area (Å²) in [5.74, 6) is 1.55. The molecular weight excluding hydrogens is 316 g/mol. The molecule has 0 spiro atoms. The molecule has 8 N–H and O–H groups in total. The van der Waals surface area contributed by atoms with Crippen LogP contribution in [0.25, 0.3) is 22.6 Å². The molecule has 0 atom stereocenters. The molecule has 3 rings (SSSR count). The van der Waals surface area contributed by atoms with Crippen molar-refractivity contribution >= 4 is 23.3 Å². The number of nitrogens with zero attached hydrogens (tertiary/aromatic N) is 2. The van der Waals surface area contributed by atoms with E-state index in [2.05, 4.69) is 9.98 Å². The van der Waals surface area contributed by atoms with Gasteiger partial charge in [-0.3, -0.25) is 0 Å². The Morgan fingerprint density at radius 3 is 1.24 bits per heavy atom. The third-order valence-corrected chi connectivity index (χ3v) is 3.43. The van der Waals surface area contributed by atoms with Crippen LogP contribution in [0.15, 0.2) is 75.1 Å². The molecule has 0 saturated carbocycles. The zero-order valence-electron chi connectivity index (χ0n) is 13.4. The van der Waals surface area contributed by atoms with Crippen LogP contribution < -0.4 is 22.9 Å². The van der Waals surface area contributed by atoms with Crippen LogP contribution in [0.4, 0.5) is 11.4 Å². The van der Waals surface area contributed by atoms with Crippen LogP contribution >= 0.6 is 0 Å². The SMILES string of the molecule is NC(N)=Nc1ccc(-c2ccc(-c3ccc(N=C(N)N)cc3)o2)cc1. The quantitative estimate of drug-likeness (QED) is 0.428. The van der Waals surface area contributed by atoms with E-state index >= 15 is 0 Å². The van der Waals surface area contributed by atoms with Crippen LogP contribution in [0, 0.1) is 0 Å². The number of benzene rings is 2. The molecule has 0 aliphatic heterocycles. The Morgan fingerprint density at radius 2 is 0.920 bits per heavy atom. The van der Waals surface area contributed by atoms with Gasteiger partial charge in [0.2, 0.25) is 0 Å². The van der Waals surface area contributed by atoms with Gasteiger partial charge >= 0.3 is 0 Å². The highest BCUT2D eigenvalue weighted by Gasteiger charge is 2.07. The largest absolute Gasteiger partial charge is 0.456 e. The number of guanidine groups is 2. The summed E-state index contributed by atoms with van der Waals surface area (Å²) < 4.78 is 5.93. The fraction of sp³-hybridized carbons (Fsp3) is 0. The molecule has 2 aromatic carbocycles. The zero-order chi connectivity index (χ0) is 17.8. The van der Waals surface area contributed by atoms with Crippen molar-refractivity contribution in [3.8, 4) is 22.6 Å². The Kier molecular flexibility index (Phi) is 4.38. The molecule has 126 valence electrons. The Balaban J connectivity index is 1.82. The smallest absolute Gasteiger partial charge is 0.191 e. The van der Waals surface area contributed by atoms with E-state index in [9.17, 15) is 0 Å². The van der Waals surface area contributed by atoms with E-state index in [0.29, 0.717) is 11.4 Å². The minimum Gasteiger partial charge on any atom is -0.456 e. The topological polar surface area (TPSA) is 142 Å². The van der Waals surface area contributed by atoms with E-state index < -0.39 is 0 Å². The van der Waals surface area contributed by atoms with Gasteiger partial charge in [-0.1, -0.05) is 0 Å². The number of furan rings is 1. The van der Waals surface area contributed by atoms with Crippen molar-refractivity contribution in [2.75, 3.05) is 0 Å². The van der Waals surface area contributed by atoms with Crippen molar-refractivity contribution in [2.45, 2.75) is 0 Å². The van der Waals surface area contributed by atoms with Crippen LogP contribution in [0.2, 0.25) is 0 Å². The molecule has 0 saturated heterocycles. The molecule has 3 aromatic rings. The maximum absolute atomic E-state index is 5.93. The van der Waals surface area contributed by atoms with Crippen LogP contribution in [-0.4, -0.2) is 11.9 Å². The first kappa shape index (κ1) is 16.1. The van der Waals surface area contributed by atoms with Gasteiger partial charge in [-0.2, -0.15) is 0 Å². The van der Waals surface area contributed by atoms with Gasteiger partial charge in [0.25, 0.3) is 0 Å². The summed E-state index contributed by atoms with van der Waals surface area (Å²) in [4.78, 5) is 7.98. The molecule has 7 heteroatoms. The average Bonchev–Trinajstić information content (AvgIpc) is 3.05. The Morgan fingerprint density at radius 1 is 0.560 bits per heavy atom. The van der Waals surface area contributed by atoms with Gasteiger partial charge in [0.15, 0.2) is 11.9 Å². The molecule has 0 radical (unpaired) electrons. The number of nitrogens with two attached hydrogens (primary N) is 4. The maximum atomic E-state index is 5.93. The summed E-state index contributed by atoms with van der Waals surface area (Å²) in [7, 11) is 0. The predicted octanol–water partition coefficient (Wildman–Crippen LogP) is 2.42. The minimum atomic E-state index is 0.0252. The van der Waals surface area contributed by atoms with Crippen molar-refractivity contribution in [1.82, 2.24) is 0 Å². The summed E-state index contributed by atoms with van der Waals surface area (Å²) in [5.41, 5.74) is 24.7. The highest BCUT2D eigenvalue weighted by atomic mass is 16.3. The maximum Gasteiger partial charge on any atom is 0.191 e. The van der Waals surface area contributed by atoms with Crippen LogP contribution in [-0.2, 0) is 0 Å². The van der Waals surface area contributed by atoms with E-state index in [4.69, 9.17) is 27.4 Å². The normalized spacial score (nSPS) is 10.2. The fourth-order valence-electron chi connectivity index (χ4n) is 2.35. The second-order valence-electron chi connectivity index (χ2n) is 5.33. The van der Waals surface area contributed by atoms with Gasteiger partial charge < -0.3 is 27.4 Å². The van der Waals surface area contributed by atoms with E-state index in [0.717, 1.165) is 22.6 Å². The lowest BCUT2D eigenvalue weighted by molar-refractivity contribution is 0.597. The summed E-state index contributed by atoms with van der Waals surface area (Å²) in [6.07, 6.45) is 0. The number of hydrogen-bond acceptors (Lipinski definition) is 3. The van der Waals surface area contributed by atoms with Gasteiger partial charge in [-0.15, -0.1) is 0 Å². The molecule has 1 aromatic heterocycles. The van der Waals surface area contributed by atoms with Crippen molar-refractivity contribution in [3.05, 3.63) is 60.7 Å². The first-order valence-electron chi connectivity index (χ1n) is 7.51. The predicted molar refractivity (Wildman–Crippen MR) is 101 cm³/mol. The second-order valence-corrected chi connectivity index (χ2v) is 5.33. The molecule has 0 bridgehead atoms. The van der Waals surface area contributed by atoms with Crippen LogP contribution in [0.1, 0.15) is 0 Å². The van der Waals surface area contributed by atoms with Gasteiger partial charge in [0, 0.05) is 11.1 Å².